The third kappa shape index (κ3) is 5.28. The minimum absolute atomic E-state index is 0.0650. The van der Waals surface area contributed by atoms with Gasteiger partial charge in [0.25, 0.3) is 0 Å². The Kier molecular flexibility index (Phi) is 6.97. The molecule has 2 rings (SSSR count). The van der Waals surface area contributed by atoms with Gasteiger partial charge in [-0.15, -0.1) is 0 Å². The van der Waals surface area contributed by atoms with Crippen molar-refractivity contribution in [3.8, 4) is 5.75 Å². The van der Waals surface area contributed by atoms with Crippen LogP contribution in [-0.2, 0) is 14.8 Å². The molecule has 0 heterocycles. The molecule has 0 aliphatic rings. The van der Waals surface area contributed by atoms with Crippen LogP contribution in [-0.4, -0.2) is 34.2 Å². The number of ether oxygens (including phenoxy) is 1. The Morgan fingerprint density at radius 2 is 1.85 bits per heavy atom. The van der Waals surface area contributed by atoms with Crippen molar-refractivity contribution in [1.29, 1.82) is 0 Å². The highest BCUT2D eigenvalue weighted by Gasteiger charge is 2.25. The van der Waals surface area contributed by atoms with Gasteiger partial charge in [-0.3, -0.25) is 9.10 Å². The number of sulfonamides is 1. The summed E-state index contributed by atoms with van der Waals surface area (Å²) < 4.78 is 30.6. The van der Waals surface area contributed by atoms with E-state index in [0.717, 1.165) is 16.1 Å². The van der Waals surface area contributed by atoms with Crippen LogP contribution in [0.5, 0.6) is 5.75 Å². The van der Waals surface area contributed by atoms with Crippen molar-refractivity contribution in [1.82, 2.24) is 5.32 Å². The molecule has 9 heteroatoms. The van der Waals surface area contributed by atoms with Gasteiger partial charge in [-0.25, -0.2) is 8.42 Å². The number of anilines is 1. The van der Waals surface area contributed by atoms with Gasteiger partial charge in [0, 0.05) is 5.56 Å². The fourth-order valence-corrected chi connectivity index (χ4v) is 3.89. The molecule has 0 bridgehead atoms. The van der Waals surface area contributed by atoms with Crippen molar-refractivity contribution in [3.05, 3.63) is 58.1 Å². The summed E-state index contributed by atoms with van der Waals surface area (Å²) in [7, 11) is -2.22. The minimum Gasteiger partial charge on any atom is -0.496 e. The Hall–Kier alpha value is -1.96. The van der Waals surface area contributed by atoms with E-state index < -0.39 is 22.5 Å². The van der Waals surface area contributed by atoms with Crippen LogP contribution in [0.4, 0.5) is 5.69 Å². The van der Waals surface area contributed by atoms with E-state index in [4.69, 9.17) is 27.9 Å². The van der Waals surface area contributed by atoms with Crippen LogP contribution in [0.1, 0.15) is 18.5 Å². The number of methoxy groups -OCH3 is 1. The molecule has 27 heavy (non-hydrogen) atoms. The molecule has 2 aromatic rings. The zero-order valence-electron chi connectivity index (χ0n) is 15.1. The number of amides is 1. The lowest BCUT2D eigenvalue weighted by molar-refractivity contribution is -0.120. The van der Waals surface area contributed by atoms with E-state index in [-0.39, 0.29) is 21.8 Å². The molecule has 6 nitrogen and oxygen atoms in total. The van der Waals surface area contributed by atoms with Gasteiger partial charge in [0.2, 0.25) is 15.9 Å². The number of hydrogen-bond donors (Lipinski definition) is 1. The smallest absolute Gasteiger partial charge is 0.241 e. The van der Waals surface area contributed by atoms with Crippen molar-refractivity contribution < 1.29 is 17.9 Å². The van der Waals surface area contributed by atoms with Gasteiger partial charge in [0.05, 0.1) is 35.1 Å². The number of halogens is 2. The summed E-state index contributed by atoms with van der Waals surface area (Å²) in [6.07, 6.45) is 1.00. The number of para-hydroxylation sites is 1. The predicted molar refractivity (Wildman–Crippen MR) is 108 cm³/mol. The second-order valence-corrected chi connectivity index (χ2v) is 8.57. The maximum atomic E-state index is 12.5. The lowest BCUT2D eigenvalue weighted by Gasteiger charge is -2.24. The molecule has 0 saturated heterocycles. The first-order valence-corrected chi connectivity index (χ1v) is 10.6. The molecule has 1 atom stereocenters. The molecule has 0 aromatic heterocycles. The zero-order chi connectivity index (χ0) is 20.2. The Morgan fingerprint density at radius 3 is 2.48 bits per heavy atom. The zero-order valence-corrected chi connectivity index (χ0v) is 17.4. The second kappa shape index (κ2) is 8.82. The Balaban J connectivity index is 2.23. The maximum Gasteiger partial charge on any atom is 0.241 e. The van der Waals surface area contributed by atoms with E-state index in [9.17, 15) is 13.2 Å². The normalized spacial score (nSPS) is 12.3. The minimum atomic E-state index is -3.76. The fourth-order valence-electron chi connectivity index (χ4n) is 2.59. The van der Waals surface area contributed by atoms with Crippen LogP contribution in [0.25, 0.3) is 0 Å². The third-order valence-corrected chi connectivity index (χ3v) is 5.81. The SMILES string of the molecule is COc1ccccc1[C@H](C)NC(=O)CN(c1cccc(Cl)c1Cl)S(C)(=O)=O. The highest BCUT2D eigenvalue weighted by atomic mass is 35.5. The average Bonchev–Trinajstić information content (AvgIpc) is 2.61. The van der Waals surface area contributed by atoms with E-state index >= 15 is 0 Å². The highest BCUT2D eigenvalue weighted by molar-refractivity contribution is 7.92. The quantitative estimate of drug-likeness (QED) is 0.726. The maximum absolute atomic E-state index is 12.5. The van der Waals surface area contributed by atoms with Crippen LogP contribution in [0, 0.1) is 0 Å². The monoisotopic (exact) mass is 430 g/mol. The first-order chi connectivity index (χ1) is 12.6. The second-order valence-electron chi connectivity index (χ2n) is 5.87. The standard InChI is InChI=1S/C18H20Cl2N2O4S/c1-12(13-7-4-5-10-16(13)26-2)21-17(23)11-22(27(3,24)25)15-9-6-8-14(19)18(15)20/h4-10,12H,11H2,1-3H3,(H,21,23)/t12-/m0/s1. The molecule has 1 amide bonds. The van der Waals surface area contributed by atoms with E-state index in [0.29, 0.717) is 5.75 Å². The summed E-state index contributed by atoms with van der Waals surface area (Å²) in [6.45, 7) is 1.35. The molecular weight excluding hydrogens is 411 g/mol. The van der Waals surface area contributed by atoms with Crippen LogP contribution < -0.4 is 14.4 Å². The molecule has 1 N–H and O–H groups in total. The molecular formula is C18H20Cl2N2O4S. The van der Waals surface area contributed by atoms with E-state index in [2.05, 4.69) is 5.32 Å². The molecule has 0 saturated carbocycles. The Bertz CT molecular complexity index is 935. The van der Waals surface area contributed by atoms with Gasteiger partial charge in [-0.1, -0.05) is 47.5 Å². The number of nitrogens with zero attached hydrogens (tertiary/aromatic N) is 1. The molecule has 0 aliphatic carbocycles. The first-order valence-electron chi connectivity index (χ1n) is 7.99. The van der Waals surface area contributed by atoms with Gasteiger partial charge < -0.3 is 10.1 Å². The molecule has 0 unspecified atom stereocenters. The van der Waals surface area contributed by atoms with Crippen LogP contribution in [0.15, 0.2) is 42.5 Å². The van der Waals surface area contributed by atoms with E-state index in [1.165, 1.54) is 12.1 Å². The van der Waals surface area contributed by atoms with Crippen LogP contribution in [0.3, 0.4) is 0 Å². The number of hydrogen-bond acceptors (Lipinski definition) is 4. The molecule has 146 valence electrons. The number of carbonyl (C=O) groups is 1. The molecule has 2 aromatic carbocycles. The van der Waals surface area contributed by atoms with E-state index in [1.54, 1.807) is 26.2 Å². The summed E-state index contributed by atoms with van der Waals surface area (Å²) in [5.41, 5.74) is 0.923. The van der Waals surface area contributed by atoms with Crippen molar-refractivity contribution in [3.63, 3.8) is 0 Å². The number of nitrogens with one attached hydrogen (secondary N) is 1. The summed E-state index contributed by atoms with van der Waals surface area (Å²) in [4.78, 5) is 12.5. The van der Waals surface area contributed by atoms with Crippen LogP contribution >= 0.6 is 23.2 Å². The van der Waals surface area contributed by atoms with E-state index in [1.807, 2.05) is 18.2 Å². The Labute approximate surface area is 169 Å². The van der Waals surface area contributed by atoms with Crippen molar-refractivity contribution >= 4 is 44.8 Å². The summed E-state index contributed by atoms with van der Waals surface area (Å²) in [6, 6.07) is 11.5. The van der Waals surface area contributed by atoms with Crippen molar-refractivity contribution in [2.75, 3.05) is 24.2 Å². The lowest BCUT2D eigenvalue weighted by atomic mass is 10.1. The summed E-state index contributed by atoms with van der Waals surface area (Å²) in [5, 5.41) is 3.04. The van der Waals surface area contributed by atoms with Gasteiger partial charge >= 0.3 is 0 Å². The summed E-state index contributed by atoms with van der Waals surface area (Å²) >= 11 is 12.1. The lowest BCUT2D eigenvalue weighted by Crippen LogP contribution is -2.41. The van der Waals surface area contributed by atoms with Crippen LogP contribution in [0.2, 0.25) is 10.0 Å². The van der Waals surface area contributed by atoms with Gasteiger partial charge in [0.15, 0.2) is 0 Å². The third-order valence-electron chi connectivity index (χ3n) is 3.87. The molecule has 0 radical (unpaired) electrons. The van der Waals surface area contributed by atoms with Gasteiger partial charge in [0.1, 0.15) is 12.3 Å². The molecule has 0 fully saturated rings. The molecule has 0 spiro atoms. The fraction of sp³-hybridized carbons (Fsp3) is 0.278. The summed E-state index contributed by atoms with van der Waals surface area (Å²) in [5.74, 6) is 0.137. The first kappa shape index (κ1) is 21.3. The number of benzene rings is 2. The highest BCUT2D eigenvalue weighted by Crippen LogP contribution is 2.33. The molecule has 0 aliphatic heterocycles. The average molecular weight is 431 g/mol. The van der Waals surface area contributed by atoms with Gasteiger partial charge in [-0.2, -0.15) is 0 Å². The van der Waals surface area contributed by atoms with Gasteiger partial charge in [-0.05, 0) is 25.1 Å². The number of rotatable bonds is 7. The van der Waals surface area contributed by atoms with Crippen molar-refractivity contribution in [2.24, 2.45) is 0 Å². The Morgan fingerprint density at radius 1 is 1.19 bits per heavy atom. The number of carbonyl (C=O) groups excluding carboxylic acids is 1. The predicted octanol–water partition coefficient (Wildman–Crippen LogP) is 3.65. The topological polar surface area (TPSA) is 75.7 Å². The van der Waals surface area contributed by atoms with Crippen molar-refractivity contribution in [2.45, 2.75) is 13.0 Å². The largest absolute Gasteiger partial charge is 0.496 e.